The number of rotatable bonds is 3. The minimum atomic E-state index is -0.0457. The summed E-state index contributed by atoms with van der Waals surface area (Å²) in [7, 11) is 0. The maximum atomic E-state index is 12.0. The zero-order chi connectivity index (χ0) is 11.6. The van der Waals surface area contributed by atoms with E-state index in [1.54, 1.807) is 0 Å². The highest BCUT2D eigenvalue weighted by Gasteiger charge is 2.31. The normalized spacial score (nSPS) is 24.1. The van der Waals surface area contributed by atoms with E-state index in [0.29, 0.717) is 11.8 Å². The highest BCUT2D eigenvalue weighted by molar-refractivity contribution is 5.85. The molecular formula is C12H25ClN2O. The lowest BCUT2D eigenvalue weighted by Crippen LogP contribution is -2.40. The van der Waals surface area contributed by atoms with E-state index in [9.17, 15) is 4.79 Å². The Balaban J connectivity index is 0.00000225. The molecule has 2 N–H and O–H groups in total. The first kappa shape index (κ1) is 15.7. The summed E-state index contributed by atoms with van der Waals surface area (Å²) < 4.78 is 0. The molecule has 16 heavy (non-hydrogen) atoms. The van der Waals surface area contributed by atoms with Crippen molar-refractivity contribution in [1.82, 2.24) is 4.90 Å². The standard InChI is InChI=1S/C12H24N2O.ClH/c1-8(2)11-5-6-14(7-11)12(15)9(3)10(4)13;/h8-11H,5-7,13H2,1-4H3;1H. The number of hydrogen-bond donors (Lipinski definition) is 1. The molecule has 1 saturated heterocycles. The molecule has 1 aliphatic rings. The number of halogens is 1. The molecule has 3 nitrogen and oxygen atoms in total. The van der Waals surface area contributed by atoms with Crippen LogP contribution >= 0.6 is 12.4 Å². The van der Waals surface area contributed by atoms with E-state index >= 15 is 0 Å². The van der Waals surface area contributed by atoms with Crippen LogP contribution in [0.4, 0.5) is 0 Å². The fourth-order valence-corrected chi connectivity index (χ4v) is 2.04. The maximum absolute atomic E-state index is 12.0. The van der Waals surface area contributed by atoms with Crippen LogP contribution in [0.2, 0.25) is 0 Å². The molecule has 0 aromatic rings. The predicted molar refractivity (Wildman–Crippen MR) is 69.6 cm³/mol. The van der Waals surface area contributed by atoms with Gasteiger partial charge in [-0.1, -0.05) is 20.8 Å². The van der Waals surface area contributed by atoms with Crippen molar-refractivity contribution in [1.29, 1.82) is 0 Å². The quantitative estimate of drug-likeness (QED) is 0.829. The number of carbonyl (C=O) groups excluding carboxylic acids is 1. The molecule has 0 bridgehead atoms. The van der Waals surface area contributed by atoms with Gasteiger partial charge in [0, 0.05) is 19.1 Å². The fourth-order valence-electron chi connectivity index (χ4n) is 2.04. The van der Waals surface area contributed by atoms with Gasteiger partial charge in [-0.2, -0.15) is 0 Å². The third-order valence-electron chi connectivity index (χ3n) is 3.66. The van der Waals surface area contributed by atoms with Crippen molar-refractivity contribution < 1.29 is 4.79 Å². The van der Waals surface area contributed by atoms with Gasteiger partial charge in [-0.15, -0.1) is 12.4 Å². The smallest absolute Gasteiger partial charge is 0.226 e. The lowest BCUT2D eigenvalue weighted by molar-refractivity contribution is -0.134. The van der Waals surface area contributed by atoms with E-state index in [-0.39, 0.29) is 30.3 Å². The van der Waals surface area contributed by atoms with Crippen molar-refractivity contribution in [3.8, 4) is 0 Å². The summed E-state index contributed by atoms with van der Waals surface area (Å²) in [6.07, 6.45) is 1.15. The van der Waals surface area contributed by atoms with Crippen LogP contribution in [0.15, 0.2) is 0 Å². The molecule has 0 radical (unpaired) electrons. The van der Waals surface area contributed by atoms with Gasteiger partial charge in [-0.25, -0.2) is 0 Å². The lowest BCUT2D eigenvalue weighted by atomic mass is 9.95. The summed E-state index contributed by atoms with van der Waals surface area (Å²) in [6, 6.07) is -0.0457. The van der Waals surface area contributed by atoms with Gasteiger partial charge in [0.15, 0.2) is 0 Å². The van der Waals surface area contributed by atoms with E-state index in [1.165, 1.54) is 0 Å². The molecule has 1 amide bonds. The van der Waals surface area contributed by atoms with Crippen LogP contribution in [0.25, 0.3) is 0 Å². The number of nitrogens with two attached hydrogens (primary N) is 1. The van der Waals surface area contributed by atoms with Crippen LogP contribution in [-0.4, -0.2) is 29.9 Å². The Labute approximate surface area is 105 Å². The highest BCUT2D eigenvalue weighted by atomic mass is 35.5. The Morgan fingerprint density at radius 1 is 1.31 bits per heavy atom. The molecule has 0 aromatic heterocycles. The van der Waals surface area contributed by atoms with E-state index in [2.05, 4.69) is 13.8 Å². The lowest BCUT2D eigenvalue weighted by Gasteiger charge is -2.23. The average molecular weight is 249 g/mol. The van der Waals surface area contributed by atoms with E-state index in [0.717, 1.165) is 19.5 Å². The zero-order valence-electron chi connectivity index (χ0n) is 10.8. The van der Waals surface area contributed by atoms with Crippen molar-refractivity contribution in [2.45, 2.75) is 40.2 Å². The third kappa shape index (κ3) is 3.63. The fraction of sp³-hybridized carbons (Fsp3) is 0.917. The minimum absolute atomic E-state index is 0. The first-order valence-corrected chi connectivity index (χ1v) is 5.97. The second-order valence-electron chi connectivity index (χ2n) is 5.22. The molecule has 0 saturated carbocycles. The molecule has 0 aliphatic carbocycles. The van der Waals surface area contributed by atoms with Gasteiger partial charge in [0.05, 0.1) is 5.92 Å². The summed E-state index contributed by atoms with van der Waals surface area (Å²) in [5.41, 5.74) is 5.75. The molecule has 96 valence electrons. The largest absolute Gasteiger partial charge is 0.342 e. The summed E-state index contributed by atoms with van der Waals surface area (Å²) in [5, 5.41) is 0. The molecule has 3 unspecified atom stereocenters. The maximum Gasteiger partial charge on any atom is 0.226 e. The van der Waals surface area contributed by atoms with E-state index in [1.807, 2.05) is 18.7 Å². The SMILES string of the molecule is CC(C)C1CCN(C(=O)C(C)C(C)N)C1.Cl. The van der Waals surface area contributed by atoms with Crippen LogP contribution in [-0.2, 0) is 4.79 Å². The Bertz CT molecular complexity index is 231. The number of likely N-dealkylation sites (tertiary alicyclic amines) is 1. The van der Waals surface area contributed by atoms with Crippen LogP contribution in [0.5, 0.6) is 0 Å². The van der Waals surface area contributed by atoms with Gasteiger partial charge >= 0.3 is 0 Å². The molecular weight excluding hydrogens is 224 g/mol. The molecule has 1 heterocycles. The van der Waals surface area contributed by atoms with Crippen LogP contribution < -0.4 is 5.73 Å². The van der Waals surface area contributed by atoms with Crippen molar-refractivity contribution in [3.05, 3.63) is 0 Å². The number of amides is 1. The van der Waals surface area contributed by atoms with Crippen LogP contribution in [0.1, 0.15) is 34.1 Å². The van der Waals surface area contributed by atoms with Crippen molar-refractivity contribution in [2.24, 2.45) is 23.5 Å². The van der Waals surface area contributed by atoms with Gasteiger partial charge in [0.1, 0.15) is 0 Å². The first-order valence-electron chi connectivity index (χ1n) is 5.97. The third-order valence-corrected chi connectivity index (χ3v) is 3.66. The first-order chi connectivity index (χ1) is 6.93. The van der Waals surface area contributed by atoms with Crippen LogP contribution in [0.3, 0.4) is 0 Å². The molecule has 1 fully saturated rings. The molecule has 3 atom stereocenters. The minimum Gasteiger partial charge on any atom is -0.342 e. The Hall–Kier alpha value is -0.280. The van der Waals surface area contributed by atoms with Crippen molar-refractivity contribution in [2.75, 3.05) is 13.1 Å². The highest BCUT2D eigenvalue weighted by Crippen LogP contribution is 2.24. The number of carbonyl (C=O) groups is 1. The van der Waals surface area contributed by atoms with Gasteiger partial charge in [-0.05, 0) is 25.2 Å². The molecule has 1 aliphatic heterocycles. The average Bonchev–Trinajstić information content (AvgIpc) is 2.64. The van der Waals surface area contributed by atoms with E-state index < -0.39 is 0 Å². The molecule has 4 heteroatoms. The monoisotopic (exact) mass is 248 g/mol. The van der Waals surface area contributed by atoms with Gasteiger partial charge < -0.3 is 10.6 Å². The van der Waals surface area contributed by atoms with Crippen LogP contribution in [0, 0.1) is 17.8 Å². The summed E-state index contributed by atoms with van der Waals surface area (Å²) in [5.74, 6) is 1.53. The van der Waals surface area contributed by atoms with E-state index in [4.69, 9.17) is 5.73 Å². The topological polar surface area (TPSA) is 46.3 Å². The zero-order valence-corrected chi connectivity index (χ0v) is 11.6. The molecule has 0 aromatic carbocycles. The summed E-state index contributed by atoms with van der Waals surface area (Å²) in [4.78, 5) is 14.0. The Kier molecular flexibility index (Phi) is 6.34. The predicted octanol–water partition coefficient (Wildman–Crippen LogP) is 1.90. The molecule has 1 rings (SSSR count). The summed E-state index contributed by atoms with van der Waals surface area (Å²) >= 11 is 0. The second kappa shape index (κ2) is 6.45. The van der Waals surface area contributed by atoms with Crippen molar-refractivity contribution >= 4 is 18.3 Å². The number of nitrogens with zero attached hydrogens (tertiary/aromatic N) is 1. The van der Waals surface area contributed by atoms with Gasteiger partial charge in [-0.3, -0.25) is 4.79 Å². The number of hydrogen-bond acceptors (Lipinski definition) is 2. The molecule has 0 spiro atoms. The van der Waals surface area contributed by atoms with Gasteiger partial charge in [0.2, 0.25) is 5.91 Å². The Morgan fingerprint density at radius 2 is 1.88 bits per heavy atom. The second-order valence-corrected chi connectivity index (χ2v) is 5.22. The van der Waals surface area contributed by atoms with Gasteiger partial charge in [0.25, 0.3) is 0 Å². The Morgan fingerprint density at radius 3 is 2.25 bits per heavy atom. The summed E-state index contributed by atoms with van der Waals surface area (Å²) in [6.45, 7) is 10.1. The van der Waals surface area contributed by atoms with Crippen molar-refractivity contribution in [3.63, 3.8) is 0 Å².